The number of nitrogens with one attached hydrogen (secondary N) is 3. The van der Waals surface area contributed by atoms with E-state index in [1.165, 1.54) is 5.56 Å². The second-order valence-electron chi connectivity index (χ2n) is 6.21. The zero-order valence-electron chi connectivity index (χ0n) is 14.7. The van der Waals surface area contributed by atoms with Crippen molar-refractivity contribution >= 4 is 28.7 Å². The minimum absolute atomic E-state index is 0.177. The highest BCUT2D eigenvalue weighted by Crippen LogP contribution is 2.21. The van der Waals surface area contributed by atoms with Crippen LogP contribution in [0.3, 0.4) is 0 Å². The molecule has 25 heavy (non-hydrogen) atoms. The van der Waals surface area contributed by atoms with Crippen LogP contribution in [0.25, 0.3) is 10.9 Å². The van der Waals surface area contributed by atoms with Crippen molar-refractivity contribution in [2.75, 3.05) is 11.9 Å². The summed E-state index contributed by atoms with van der Waals surface area (Å²) in [4.78, 5) is 15.2. The van der Waals surface area contributed by atoms with Crippen LogP contribution < -0.4 is 10.7 Å². The molecule has 0 radical (unpaired) electrons. The van der Waals surface area contributed by atoms with Gasteiger partial charge < -0.3 is 10.3 Å². The van der Waals surface area contributed by atoms with Crippen LogP contribution in [0.1, 0.15) is 22.3 Å². The summed E-state index contributed by atoms with van der Waals surface area (Å²) in [6.07, 6.45) is 3.55. The molecule has 0 saturated heterocycles. The van der Waals surface area contributed by atoms with Crippen LogP contribution in [0, 0.1) is 20.8 Å². The SMILES string of the molecule is Cc1cc(C)c(NCC(=O)NN=Cc2cccc3[nH]ccc23)c(C)c1. The number of hydrogen-bond donors (Lipinski definition) is 3. The number of amides is 1. The van der Waals surface area contributed by atoms with E-state index in [0.29, 0.717) is 0 Å². The molecule has 1 amide bonds. The number of carbonyl (C=O) groups is 1. The molecule has 2 aromatic carbocycles. The average Bonchev–Trinajstić information content (AvgIpc) is 3.03. The third-order valence-corrected chi connectivity index (χ3v) is 4.12. The summed E-state index contributed by atoms with van der Waals surface area (Å²) in [5.74, 6) is -0.183. The molecule has 0 fully saturated rings. The molecule has 0 bridgehead atoms. The molecule has 1 aromatic heterocycles. The molecule has 0 spiro atoms. The number of hydrazone groups is 1. The Balaban J connectivity index is 1.59. The summed E-state index contributed by atoms with van der Waals surface area (Å²) in [6, 6.07) is 12.1. The van der Waals surface area contributed by atoms with Crippen LogP contribution in [-0.4, -0.2) is 23.7 Å². The van der Waals surface area contributed by atoms with E-state index in [1.807, 2.05) is 44.3 Å². The van der Waals surface area contributed by atoms with E-state index in [-0.39, 0.29) is 12.5 Å². The van der Waals surface area contributed by atoms with Crippen molar-refractivity contribution < 1.29 is 4.79 Å². The van der Waals surface area contributed by atoms with Gasteiger partial charge in [-0.25, -0.2) is 5.43 Å². The maximum atomic E-state index is 12.0. The molecule has 128 valence electrons. The highest BCUT2D eigenvalue weighted by molar-refractivity contribution is 5.98. The van der Waals surface area contributed by atoms with E-state index in [4.69, 9.17) is 0 Å². The van der Waals surface area contributed by atoms with Gasteiger partial charge in [0.1, 0.15) is 0 Å². The van der Waals surface area contributed by atoms with Gasteiger partial charge in [0.05, 0.1) is 12.8 Å². The standard InChI is InChI=1S/C20H22N4O/c1-13-9-14(2)20(15(3)10-13)22-12-19(25)24-23-11-16-5-4-6-18-17(16)7-8-21-18/h4-11,21-22H,12H2,1-3H3,(H,24,25). The minimum atomic E-state index is -0.183. The number of fused-ring (bicyclic) bond motifs is 1. The molecule has 5 heteroatoms. The summed E-state index contributed by atoms with van der Waals surface area (Å²) in [6.45, 7) is 6.32. The van der Waals surface area contributed by atoms with E-state index >= 15 is 0 Å². The summed E-state index contributed by atoms with van der Waals surface area (Å²) >= 11 is 0. The average molecular weight is 334 g/mol. The Labute approximate surface area is 147 Å². The predicted molar refractivity (Wildman–Crippen MR) is 103 cm³/mol. The number of aryl methyl sites for hydroxylation is 3. The molecular weight excluding hydrogens is 312 g/mol. The smallest absolute Gasteiger partial charge is 0.259 e. The summed E-state index contributed by atoms with van der Waals surface area (Å²) in [7, 11) is 0. The van der Waals surface area contributed by atoms with Crippen molar-refractivity contribution in [3.05, 3.63) is 64.8 Å². The molecule has 0 atom stereocenters. The molecule has 3 N–H and O–H groups in total. The van der Waals surface area contributed by atoms with Crippen LogP contribution in [0.2, 0.25) is 0 Å². The molecule has 5 nitrogen and oxygen atoms in total. The van der Waals surface area contributed by atoms with Gasteiger partial charge >= 0.3 is 0 Å². The Hall–Kier alpha value is -3.08. The third-order valence-electron chi connectivity index (χ3n) is 4.12. The van der Waals surface area contributed by atoms with Crippen molar-refractivity contribution in [2.24, 2.45) is 5.10 Å². The minimum Gasteiger partial charge on any atom is -0.376 e. The summed E-state index contributed by atoms with van der Waals surface area (Å²) < 4.78 is 0. The van der Waals surface area contributed by atoms with E-state index in [9.17, 15) is 4.79 Å². The first-order valence-corrected chi connectivity index (χ1v) is 8.24. The number of aromatic nitrogens is 1. The van der Waals surface area contributed by atoms with Gasteiger partial charge in [0.15, 0.2) is 0 Å². The van der Waals surface area contributed by atoms with Gasteiger partial charge in [-0.3, -0.25) is 4.79 Å². The largest absolute Gasteiger partial charge is 0.376 e. The number of nitrogens with zero attached hydrogens (tertiary/aromatic N) is 1. The second kappa shape index (κ2) is 7.21. The summed E-state index contributed by atoms with van der Waals surface area (Å²) in [5.41, 5.74) is 9.05. The van der Waals surface area contributed by atoms with Crippen molar-refractivity contribution in [3.63, 3.8) is 0 Å². The fourth-order valence-electron chi connectivity index (χ4n) is 3.06. The van der Waals surface area contributed by atoms with Gasteiger partial charge in [-0.05, 0) is 44.0 Å². The number of aromatic amines is 1. The van der Waals surface area contributed by atoms with Crippen LogP contribution in [-0.2, 0) is 4.79 Å². The zero-order valence-corrected chi connectivity index (χ0v) is 14.7. The Bertz CT molecular complexity index is 917. The number of rotatable bonds is 5. The molecule has 0 saturated carbocycles. The van der Waals surface area contributed by atoms with Gasteiger partial charge in [0.25, 0.3) is 5.91 Å². The normalized spacial score (nSPS) is 11.2. The van der Waals surface area contributed by atoms with Crippen LogP contribution in [0.5, 0.6) is 0 Å². The van der Waals surface area contributed by atoms with E-state index in [0.717, 1.165) is 33.3 Å². The highest BCUT2D eigenvalue weighted by Gasteiger charge is 2.06. The Morgan fingerprint density at radius 3 is 2.68 bits per heavy atom. The van der Waals surface area contributed by atoms with Gasteiger partial charge in [0, 0.05) is 28.4 Å². The highest BCUT2D eigenvalue weighted by atomic mass is 16.2. The molecule has 3 aromatic rings. The first-order valence-electron chi connectivity index (χ1n) is 8.24. The van der Waals surface area contributed by atoms with Crippen LogP contribution in [0.4, 0.5) is 5.69 Å². The number of H-pyrrole nitrogens is 1. The first kappa shape index (κ1) is 16.8. The van der Waals surface area contributed by atoms with Gasteiger partial charge in [-0.15, -0.1) is 0 Å². The number of carbonyl (C=O) groups excluding carboxylic acids is 1. The molecule has 0 aliphatic carbocycles. The zero-order chi connectivity index (χ0) is 17.8. The molecule has 1 heterocycles. The topological polar surface area (TPSA) is 69.3 Å². The Morgan fingerprint density at radius 2 is 1.92 bits per heavy atom. The van der Waals surface area contributed by atoms with Crippen molar-refractivity contribution in [3.8, 4) is 0 Å². The fraction of sp³-hybridized carbons (Fsp3) is 0.200. The van der Waals surface area contributed by atoms with Gasteiger partial charge in [0.2, 0.25) is 0 Å². The van der Waals surface area contributed by atoms with E-state index in [2.05, 4.69) is 39.9 Å². The van der Waals surface area contributed by atoms with Gasteiger partial charge in [-0.1, -0.05) is 29.8 Å². The second-order valence-corrected chi connectivity index (χ2v) is 6.21. The fourth-order valence-corrected chi connectivity index (χ4v) is 3.06. The lowest BCUT2D eigenvalue weighted by atomic mass is 10.1. The lowest BCUT2D eigenvalue weighted by molar-refractivity contribution is -0.119. The van der Waals surface area contributed by atoms with Gasteiger partial charge in [-0.2, -0.15) is 5.10 Å². The lowest BCUT2D eigenvalue weighted by Gasteiger charge is -2.13. The molecule has 0 unspecified atom stereocenters. The first-order chi connectivity index (χ1) is 12.0. The lowest BCUT2D eigenvalue weighted by Crippen LogP contribution is -2.26. The van der Waals surface area contributed by atoms with E-state index < -0.39 is 0 Å². The quantitative estimate of drug-likeness (QED) is 0.492. The molecule has 0 aliphatic heterocycles. The predicted octanol–water partition coefficient (Wildman–Crippen LogP) is 3.66. The Morgan fingerprint density at radius 1 is 1.16 bits per heavy atom. The van der Waals surface area contributed by atoms with Crippen molar-refractivity contribution in [1.82, 2.24) is 10.4 Å². The maximum Gasteiger partial charge on any atom is 0.259 e. The third kappa shape index (κ3) is 3.88. The maximum absolute atomic E-state index is 12.0. The summed E-state index contributed by atoms with van der Waals surface area (Å²) in [5, 5.41) is 8.33. The number of hydrogen-bond acceptors (Lipinski definition) is 3. The molecule has 0 aliphatic rings. The Kier molecular flexibility index (Phi) is 4.84. The van der Waals surface area contributed by atoms with Crippen LogP contribution in [0.15, 0.2) is 47.7 Å². The van der Waals surface area contributed by atoms with Crippen molar-refractivity contribution in [1.29, 1.82) is 0 Å². The number of benzene rings is 2. The van der Waals surface area contributed by atoms with E-state index in [1.54, 1.807) is 6.21 Å². The number of anilines is 1. The molecule has 3 rings (SSSR count). The van der Waals surface area contributed by atoms with Crippen molar-refractivity contribution in [2.45, 2.75) is 20.8 Å². The molecular formula is C20H22N4O. The van der Waals surface area contributed by atoms with Crippen LogP contribution >= 0.6 is 0 Å². The monoisotopic (exact) mass is 334 g/mol.